The summed E-state index contributed by atoms with van der Waals surface area (Å²) in [5.41, 5.74) is 0. The van der Waals surface area contributed by atoms with Crippen molar-refractivity contribution in [1.29, 1.82) is 0 Å². The number of alkyl halides is 1. The maximum atomic E-state index is 5.71. The van der Waals surface area contributed by atoms with Gasteiger partial charge in [-0.15, -0.1) is 0 Å². The zero-order chi connectivity index (χ0) is 13.8. The van der Waals surface area contributed by atoms with Gasteiger partial charge < -0.3 is 4.74 Å². The summed E-state index contributed by atoms with van der Waals surface area (Å²) < 4.78 is 6.97. The number of halogens is 2. The van der Waals surface area contributed by atoms with E-state index in [1.165, 1.54) is 54.9 Å². The molecule has 0 atom stereocenters. The lowest BCUT2D eigenvalue weighted by Crippen LogP contribution is -1.97. The van der Waals surface area contributed by atoms with Crippen molar-refractivity contribution >= 4 is 38.5 Å². The Kier molecular flexibility index (Phi) is 10.9. The second kappa shape index (κ2) is 12.0. The van der Waals surface area contributed by atoms with E-state index in [1.54, 1.807) is 0 Å². The third-order valence-corrected chi connectivity index (χ3v) is 4.39. The molecule has 0 saturated heterocycles. The van der Waals surface area contributed by atoms with Gasteiger partial charge in [-0.05, 0) is 59.7 Å². The molecule has 0 aliphatic rings. The van der Waals surface area contributed by atoms with Crippen molar-refractivity contribution in [3.8, 4) is 5.75 Å². The minimum atomic E-state index is 0.851. The number of rotatable bonds is 11. The van der Waals surface area contributed by atoms with Crippen molar-refractivity contribution in [3.05, 3.63) is 27.8 Å². The standard InChI is InChI=1S/C16H24BrIO/c17-13-7-5-3-1-2-4-6-8-14-19-16-11-9-15(18)10-12-16/h9-12H,1-8,13-14H2. The number of hydrogen-bond acceptors (Lipinski definition) is 1. The van der Waals surface area contributed by atoms with Gasteiger partial charge >= 0.3 is 0 Å². The third-order valence-electron chi connectivity index (χ3n) is 3.11. The molecule has 0 N–H and O–H groups in total. The Balaban J connectivity index is 1.87. The Labute approximate surface area is 139 Å². The lowest BCUT2D eigenvalue weighted by Gasteiger charge is -2.06. The summed E-state index contributed by atoms with van der Waals surface area (Å²) in [5.74, 6) is 0.996. The van der Waals surface area contributed by atoms with Gasteiger partial charge in [0.25, 0.3) is 0 Å². The Morgan fingerprint density at radius 3 is 1.89 bits per heavy atom. The quantitative estimate of drug-likeness (QED) is 0.227. The van der Waals surface area contributed by atoms with Gasteiger partial charge in [0.2, 0.25) is 0 Å². The van der Waals surface area contributed by atoms with Crippen LogP contribution in [0.5, 0.6) is 5.75 Å². The second-order valence-electron chi connectivity index (χ2n) is 4.82. The van der Waals surface area contributed by atoms with Gasteiger partial charge in [0, 0.05) is 8.90 Å². The Hall–Kier alpha value is 0.230. The highest BCUT2D eigenvalue weighted by atomic mass is 127. The van der Waals surface area contributed by atoms with E-state index in [2.05, 4.69) is 50.7 Å². The Morgan fingerprint density at radius 1 is 0.789 bits per heavy atom. The Morgan fingerprint density at radius 2 is 1.32 bits per heavy atom. The molecule has 0 aliphatic heterocycles. The summed E-state index contributed by atoms with van der Waals surface area (Å²) in [6.45, 7) is 0.851. The largest absolute Gasteiger partial charge is 0.494 e. The summed E-state index contributed by atoms with van der Waals surface area (Å²) in [4.78, 5) is 0. The third kappa shape index (κ3) is 9.72. The molecule has 108 valence electrons. The highest BCUT2D eigenvalue weighted by Gasteiger charge is 1.95. The molecule has 0 bridgehead atoms. The molecule has 1 rings (SSSR count). The molecule has 19 heavy (non-hydrogen) atoms. The SMILES string of the molecule is BrCCCCCCCCCCOc1ccc(I)cc1. The monoisotopic (exact) mass is 438 g/mol. The van der Waals surface area contributed by atoms with E-state index >= 15 is 0 Å². The number of ether oxygens (including phenoxy) is 1. The van der Waals surface area contributed by atoms with Crippen LogP contribution in [0.25, 0.3) is 0 Å². The van der Waals surface area contributed by atoms with Crippen molar-refractivity contribution in [1.82, 2.24) is 0 Å². The molecule has 1 aromatic carbocycles. The fraction of sp³-hybridized carbons (Fsp3) is 0.625. The fourth-order valence-corrected chi connectivity index (χ4v) is 2.73. The van der Waals surface area contributed by atoms with Crippen LogP contribution in [0.2, 0.25) is 0 Å². The molecule has 0 radical (unpaired) electrons. The molecule has 0 aromatic heterocycles. The van der Waals surface area contributed by atoms with E-state index in [0.29, 0.717) is 0 Å². The minimum absolute atomic E-state index is 0.851. The van der Waals surface area contributed by atoms with Crippen LogP contribution in [0.4, 0.5) is 0 Å². The molecule has 0 unspecified atom stereocenters. The zero-order valence-corrected chi connectivity index (χ0v) is 15.3. The summed E-state index contributed by atoms with van der Waals surface area (Å²) in [5, 5.41) is 1.16. The van der Waals surface area contributed by atoms with Gasteiger partial charge in [-0.25, -0.2) is 0 Å². The van der Waals surface area contributed by atoms with Crippen molar-refractivity contribution in [3.63, 3.8) is 0 Å². The second-order valence-corrected chi connectivity index (χ2v) is 6.86. The van der Waals surface area contributed by atoms with Crippen molar-refractivity contribution in [2.24, 2.45) is 0 Å². The van der Waals surface area contributed by atoms with Gasteiger partial charge in [0.05, 0.1) is 6.61 Å². The molecule has 0 aliphatic carbocycles. The maximum absolute atomic E-state index is 5.71. The Bertz CT molecular complexity index is 313. The van der Waals surface area contributed by atoms with Crippen molar-refractivity contribution in [2.75, 3.05) is 11.9 Å². The van der Waals surface area contributed by atoms with E-state index in [4.69, 9.17) is 4.74 Å². The van der Waals surface area contributed by atoms with Gasteiger partial charge in [0.15, 0.2) is 0 Å². The normalized spacial score (nSPS) is 10.6. The van der Waals surface area contributed by atoms with Gasteiger partial charge in [-0.3, -0.25) is 0 Å². The van der Waals surface area contributed by atoms with E-state index in [9.17, 15) is 0 Å². The molecular weight excluding hydrogens is 415 g/mol. The number of hydrogen-bond donors (Lipinski definition) is 0. The average Bonchev–Trinajstić information content (AvgIpc) is 2.43. The highest BCUT2D eigenvalue weighted by molar-refractivity contribution is 14.1. The van der Waals surface area contributed by atoms with Gasteiger partial charge in [0.1, 0.15) is 5.75 Å². The lowest BCUT2D eigenvalue weighted by atomic mass is 10.1. The summed E-state index contributed by atoms with van der Waals surface area (Å²) >= 11 is 5.78. The lowest BCUT2D eigenvalue weighted by molar-refractivity contribution is 0.304. The molecule has 3 heteroatoms. The highest BCUT2D eigenvalue weighted by Crippen LogP contribution is 2.14. The zero-order valence-electron chi connectivity index (χ0n) is 11.5. The molecule has 1 aromatic rings. The van der Waals surface area contributed by atoms with Crippen LogP contribution in [-0.4, -0.2) is 11.9 Å². The topological polar surface area (TPSA) is 9.23 Å². The van der Waals surface area contributed by atoms with Gasteiger partial charge in [-0.2, -0.15) is 0 Å². The molecular formula is C16H24BrIO. The van der Waals surface area contributed by atoms with Crippen LogP contribution in [0, 0.1) is 3.57 Å². The maximum Gasteiger partial charge on any atom is 0.119 e. The molecule has 0 saturated carbocycles. The molecule has 0 spiro atoms. The van der Waals surface area contributed by atoms with Crippen molar-refractivity contribution in [2.45, 2.75) is 51.4 Å². The van der Waals surface area contributed by atoms with Gasteiger partial charge in [-0.1, -0.05) is 54.5 Å². The fourth-order valence-electron chi connectivity index (χ4n) is 1.98. The molecule has 0 heterocycles. The van der Waals surface area contributed by atoms with Crippen LogP contribution in [0.3, 0.4) is 0 Å². The van der Waals surface area contributed by atoms with E-state index in [1.807, 2.05) is 12.1 Å². The summed E-state index contributed by atoms with van der Waals surface area (Å²) in [7, 11) is 0. The molecule has 1 nitrogen and oxygen atoms in total. The van der Waals surface area contributed by atoms with Crippen LogP contribution in [0.15, 0.2) is 24.3 Å². The first-order chi connectivity index (χ1) is 9.33. The molecule has 0 amide bonds. The predicted molar refractivity (Wildman–Crippen MR) is 95.4 cm³/mol. The summed E-state index contributed by atoms with van der Waals surface area (Å²) in [6.07, 6.45) is 10.7. The van der Waals surface area contributed by atoms with Crippen LogP contribution < -0.4 is 4.74 Å². The van der Waals surface area contributed by atoms with Crippen LogP contribution in [0.1, 0.15) is 51.4 Å². The van der Waals surface area contributed by atoms with E-state index in [0.717, 1.165) is 17.7 Å². The van der Waals surface area contributed by atoms with Crippen LogP contribution >= 0.6 is 38.5 Å². The first-order valence-electron chi connectivity index (χ1n) is 7.27. The predicted octanol–water partition coefficient (Wildman–Crippen LogP) is 6.19. The first-order valence-corrected chi connectivity index (χ1v) is 9.47. The smallest absolute Gasteiger partial charge is 0.119 e. The minimum Gasteiger partial charge on any atom is -0.494 e. The van der Waals surface area contributed by atoms with Crippen molar-refractivity contribution < 1.29 is 4.74 Å². The number of unbranched alkanes of at least 4 members (excludes halogenated alkanes) is 7. The number of benzene rings is 1. The van der Waals surface area contributed by atoms with Crippen LogP contribution in [-0.2, 0) is 0 Å². The summed E-state index contributed by atoms with van der Waals surface area (Å²) in [6, 6.07) is 8.27. The average molecular weight is 439 g/mol. The van der Waals surface area contributed by atoms with E-state index < -0.39 is 0 Å². The molecule has 0 fully saturated rings. The first kappa shape index (κ1) is 17.3. The van der Waals surface area contributed by atoms with E-state index in [-0.39, 0.29) is 0 Å².